The van der Waals surface area contributed by atoms with Gasteiger partial charge in [0.25, 0.3) is 5.91 Å². The molecule has 3 N–H and O–H groups in total. The van der Waals surface area contributed by atoms with Gasteiger partial charge in [-0.1, -0.05) is 24.3 Å². The van der Waals surface area contributed by atoms with Gasteiger partial charge < -0.3 is 39.0 Å². The second kappa shape index (κ2) is 18.7. The zero-order valence-electron chi connectivity index (χ0n) is 32.5. The van der Waals surface area contributed by atoms with Crippen LogP contribution < -0.4 is 20.1 Å². The number of phenolic OH excluding ortho intramolecular Hbond substituents is 1. The summed E-state index contributed by atoms with van der Waals surface area (Å²) < 4.78 is 53.2. The number of amides is 3. The second-order valence-electron chi connectivity index (χ2n) is 14.1. The van der Waals surface area contributed by atoms with Crippen LogP contribution in [0.3, 0.4) is 0 Å². The maximum absolute atomic E-state index is 13.0. The predicted molar refractivity (Wildman–Crippen MR) is 220 cm³/mol. The van der Waals surface area contributed by atoms with Crippen LogP contribution in [0.1, 0.15) is 28.8 Å². The van der Waals surface area contributed by atoms with Crippen LogP contribution in [-0.2, 0) is 40.2 Å². The van der Waals surface area contributed by atoms with Gasteiger partial charge in [-0.05, 0) is 90.2 Å². The summed E-state index contributed by atoms with van der Waals surface area (Å²) in [6.07, 6.45) is 1.70. The highest BCUT2D eigenvalue weighted by Gasteiger charge is 2.39. The number of nitrogens with zero attached hydrogens (tertiary/aromatic N) is 1. The van der Waals surface area contributed by atoms with E-state index in [0.29, 0.717) is 88.6 Å². The molecule has 1 atom stereocenters. The first kappa shape index (κ1) is 41.2. The number of piperidine rings is 1. The van der Waals surface area contributed by atoms with E-state index in [9.17, 15) is 27.9 Å². The quantitative estimate of drug-likeness (QED) is 0.0684. The van der Waals surface area contributed by atoms with Gasteiger partial charge in [0, 0.05) is 53.5 Å². The molecule has 15 heteroatoms. The van der Waals surface area contributed by atoms with E-state index in [-0.39, 0.29) is 28.9 Å². The molecular weight excluding hydrogens is 779 g/mol. The Labute approximate surface area is 341 Å². The summed E-state index contributed by atoms with van der Waals surface area (Å²) in [4.78, 5) is 38.7. The van der Waals surface area contributed by atoms with E-state index in [2.05, 4.69) is 10.6 Å². The van der Waals surface area contributed by atoms with Crippen LogP contribution in [0.15, 0.2) is 102 Å². The highest BCUT2D eigenvalue weighted by Crippen LogP contribution is 2.41. The summed E-state index contributed by atoms with van der Waals surface area (Å²) in [6, 6.07) is 27.4. The molecule has 59 heavy (non-hydrogen) atoms. The minimum Gasteiger partial charge on any atom is -0.508 e. The van der Waals surface area contributed by atoms with Crippen LogP contribution in [0.4, 0.5) is 5.69 Å². The number of sulfone groups is 1. The largest absolute Gasteiger partial charge is 0.508 e. The van der Waals surface area contributed by atoms with Gasteiger partial charge in [-0.25, -0.2) is 8.42 Å². The van der Waals surface area contributed by atoms with Crippen molar-refractivity contribution in [3.05, 3.63) is 108 Å². The third-order valence-corrected chi connectivity index (χ3v) is 11.1. The fourth-order valence-electron chi connectivity index (χ4n) is 7.00. The molecule has 1 fully saturated rings. The Morgan fingerprint density at radius 2 is 1.47 bits per heavy atom. The SMILES string of the molecule is CS(=O)(=O)c1ccc(-c2ccc3cc(O)ccc3c2Oc2ccc(OCCOCCOCCOCCNc3cccc4c3CN(C3CCC(=O)NC3=O)C4=O)cc2)cc1. The molecule has 0 saturated carbocycles. The topological polar surface area (TPSA) is 179 Å². The number of phenols is 1. The van der Waals surface area contributed by atoms with Crippen molar-refractivity contribution in [2.45, 2.75) is 30.3 Å². The van der Waals surface area contributed by atoms with Gasteiger partial charge >= 0.3 is 0 Å². The van der Waals surface area contributed by atoms with Crippen molar-refractivity contribution >= 4 is 44.0 Å². The van der Waals surface area contributed by atoms with Crippen molar-refractivity contribution in [1.29, 1.82) is 0 Å². The van der Waals surface area contributed by atoms with E-state index in [0.717, 1.165) is 33.2 Å². The molecule has 1 unspecified atom stereocenters. The fourth-order valence-corrected chi connectivity index (χ4v) is 7.63. The van der Waals surface area contributed by atoms with Crippen molar-refractivity contribution < 1.29 is 51.6 Å². The van der Waals surface area contributed by atoms with E-state index in [1.165, 1.54) is 11.2 Å². The van der Waals surface area contributed by atoms with Gasteiger partial charge in [0.1, 0.15) is 35.6 Å². The third kappa shape index (κ3) is 10.2. The summed E-state index contributed by atoms with van der Waals surface area (Å²) in [7, 11) is -3.34. The molecule has 0 spiro atoms. The number of aromatic hydroxyl groups is 1. The standard InChI is InChI=1S/C44H45N3O11S/c1-59(52,53)34-13-5-29(6-14-34)35-15-7-30-27-31(48)8-16-36(30)42(35)58-33-11-9-32(10-12-33)57-26-25-56-24-23-55-22-21-54-20-19-45-39-4-2-3-37-38(39)28-47(44(37)51)40-17-18-41(49)46-43(40)50/h2-16,27,40,45,48H,17-26,28H2,1H3,(H,46,49,50). The van der Waals surface area contributed by atoms with Gasteiger partial charge in [0.05, 0.1) is 44.5 Å². The van der Waals surface area contributed by atoms with Crippen LogP contribution in [0.2, 0.25) is 0 Å². The first-order chi connectivity index (χ1) is 28.5. The van der Waals surface area contributed by atoms with E-state index in [4.69, 9.17) is 23.7 Å². The zero-order chi connectivity index (χ0) is 41.4. The van der Waals surface area contributed by atoms with Gasteiger partial charge in [0.15, 0.2) is 9.84 Å². The Morgan fingerprint density at radius 3 is 2.19 bits per heavy atom. The van der Waals surface area contributed by atoms with E-state index >= 15 is 0 Å². The van der Waals surface area contributed by atoms with Crippen molar-refractivity contribution in [2.75, 3.05) is 64.4 Å². The molecule has 5 aromatic carbocycles. The molecule has 0 radical (unpaired) electrons. The maximum Gasteiger partial charge on any atom is 0.255 e. The third-order valence-electron chi connectivity index (χ3n) is 9.98. The van der Waals surface area contributed by atoms with Crippen LogP contribution >= 0.6 is 0 Å². The van der Waals surface area contributed by atoms with E-state index < -0.39 is 21.8 Å². The number of nitrogens with one attached hydrogen (secondary N) is 2. The molecule has 14 nitrogen and oxygen atoms in total. The summed E-state index contributed by atoms with van der Waals surface area (Å²) in [6.45, 7) is 3.56. The minimum atomic E-state index is -3.34. The van der Waals surface area contributed by atoms with Crippen LogP contribution in [0.25, 0.3) is 21.9 Å². The molecule has 308 valence electrons. The molecule has 0 aromatic heterocycles. The predicted octanol–water partition coefficient (Wildman–Crippen LogP) is 5.71. The lowest BCUT2D eigenvalue weighted by molar-refractivity contribution is -0.136. The monoisotopic (exact) mass is 823 g/mol. The summed E-state index contributed by atoms with van der Waals surface area (Å²) in [5.41, 5.74) is 3.74. The van der Waals surface area contributed by atoms with Gasteiger partial charge in [-0.2, -0.15) is 0 Å². The molecule has 2 heterocycles. The Kier molecular flexibility index (Phi) is 13.1. The molecule has 3 amide bonds. The second-order valence-corrected chi connectivity index (χ2v) is 16.1. The molecule has 0 aliphatic carbocycles. The number of hydrogen-bond acceptors (Lipinski definition) is 12. The van der Waals surface area contributed by atoms with Gasteiger partial charge in [0.2, 0.25) is 11.8 Å². The average Bonchev–Trinajstić information content (AvgIpc) is 3.56. The Bertz CT molecular complexity index is 2420. The molecule has 2 aliphatic rings. The number of carbonyl (C=O) groups is 3. The number of imide groups is 1. The van der Waals surface area contributed by atoms with Gasteiger partial charge in [-0.3, -0.25) is 19.7 Å². The number of hydrogen-bond donors (Lipinski definition) is 3. The number of fused-ring (bicyclic) bond motifs is 2. The number of carbonyl (C=O) groups excluding carboxylic acids is 3. The first-order valence-corrected chi connectivity index (χ1v) is 21.1. The Morgan fingerprint density at radius 1 is 0.780 bits per heavy atom. The van der Waals surface area contributed by atoms with Crippen molar-refractivity contribution in [1.82, 2.24) is 10.2 Å². The highest BCUT2D eigenvalue weighted by molar-refractivity contribution is 7.90. The van der Waals surface area contributed by atoms with Crippen molar-refractivity contribution in [3.8, 4) is 34.1 Å². The lowest BCUT2D eigenvalue weighted by Crippen LogP contribution is -2.52. The smallest absolute Gasteiger partial charge is 0.255 e. The Balaban J connectivity index is 0.781. The molecule has 5 aromatic rings. The lowest BCUT2D eigenvalue weighted by atomic mass is 9.99. The molecule has 1 saturated heterocycles. The van der Waals surface area contributed by atoms with Crippen LogP contribution in [-0.4, -0.2) is 101 Å². The normalized spacial score (nSPS) is 15.3. The minimum absolute atomic E-state index is 0.136. The van der Waals surface area contributed by atoms with Crippen LogP contribution in [0, 0.1) is 0 Å². The molecule has 0 bridgehead atoms. The maximum atomic E-state index is 13.0. The molecule has 7 rings (SSSR count). The molecule has 2 aliphatic heterocycles. The molecular formula is C44H45N3O11S. The van der Waals surface area contributed by atoms with E-state index in [1.54, 1.807) is 78.9 Å². The summed E-state index contributed by atoms with van der Waals surface area (Å²) in [5, 5.41) is 17.3. The number of ether oxygens (including phenoxy) is 5. The van der Waals surface area contributed by atoms with Crippen molar-refractivity contribution in [3.63, 3.8) is 0 Å². The summed E-state index contributed by atoms with van der Waals surface area (Å²) >= 11 is 0. The first-order valence-electron chi connectivity index (χ1n) is 19.3. The highest BCUT2D eigenvalue weighted by atomic mass is 32.2. The zero-order valence-corrected chi connectivity index (χ0v) is 33.3. The number of rotatable bonds is 19. The average molecular weight is 824 g/mol. The van der Waals surface area contributed by atoms with Crippen LogP contribution in [0.5, 0.6) is 23.0 Å². The van der Waals surface area contributed by atoms with Crippen molar-refractivity contribution in [2.24, 2.45) is 0 Å². The number of anilines is 1. The van der Waals surface area contributed by atoms with E-state index in [1.807, 2.05) is 18.2 Å². The Hall–Kier alpha value is -6.00. The number of benzene rings is 5. The fraction of sp³-hybridized carbons (Fsp3) is 0.295. The van der Waals surface area contributed by atoms with Gasteiger partial charge in [-0.15, -0.1) is 0 Å². The lowest BCUT2D eigenvalue weighted by Gasteiger charge is -2.29. The summed E-state index contributed by atoms with van der Waals surface area (Å²) in [5.74, 6) is 0.954.